The van der Waals surface area contributed by atoms with Crippen LogP contribution in [0, 0.1) is 0 Å². The molecule has 0 spiro atoms. The van der Waals surface area contributed by atoms with Gasteiger partial charge in [0.25, 0.3) is 13.4 Å². The Balaban J connectivity index is 1.02. The molecule has 15 aromatic carbocycles. The molecule has 0 saturated heterocycles. The fraction of sp³-hybridized carbons (Fsp3) is 0.118. The van der Waals surface area contributed by atoms with Gasteiger partial charge in [-0.05, 0) is 176 Å². The highest BCUT2D eigenvalue weighted by Gasteiger charge is 2.52. The monoisotopic (exact) mass is 1390 g/mol. The lowest BCUT2D eigenvalue weighted by Gasteiger charge is -2.47. The Morgan fingerprint density at radius 1 is 0.231 bits per heavy atom. The van der Waals surface area contributed by atoms with E-state index in [2.05, 4.69) is 406 Å². The lowest BCUT2D eigenvalue weighted by molar-refractivity contribution is 0.450. The molecule has 518 valence electrons. The van der Waals surface area contributed by atoms with Crippen LogP contribution in [0.25, 0.3) is 89.0 Å². The number of anilines is 6. The molecule has 0 fully saturated rings. The van der Waals surface area contributed by atoms with Crippen LogP contribution in [0.15, 0.2) is 334 Å². The zero-order valence-electron chi connectivity index (χ0n) is 62.6. The SMILES string of the molecule is CC(C)(C)c1cc(-c2ccccc2)c(N2c3cc(-c4ccccc4)ccc3B3c4c2cc(-c2ccccc2)cc4N(c2c(-c4ccccc4)cc(C(C)(C)C)cc2-c2ccccc2)c2cc4c5c(c23)Oc2ccc(-c3ccccc3)cc2B5c2cc(-c3ccccc3)cc(C(C)(C)C)c2O4)c(-c2ccccc2)c1. The van der Waals surface area contributed by atoms with Crippen molar-refractivity contribution >= 4 is 80.3 Å². The summed E-state index contributed by atoms with van der Waals surface area (Å²) in [7, 11) is 0. The molecule has 0 atom stereocenters. The van der Waals surface area contributed by atoms with Gasteiger partial charge in [0, 0.05) is 62.1 Å². The highest BCUT2D eigenvalue weighted by molar-refractivity contribution is 7.03. The fourth-order valence-electron chi connectivity index (χ4n) is 17.3. The van der Waals surface area contributed by atoms with Crippen molar-refractivity contribution in [2.24, 2.45) is 0 Å². The first-order valence-corrected chi connectivity index (χ1v) is 38.1. The summed E-state index contributed by atoms with van der Waals surface area (Å²) in [4.78, 5) is 5.36. The molecule has 19 rings (SSSR count). The second-order valence-electron chi connectivity index (χ2n) is 32.7. The summed E-state index contributed by atoms with van der Waals surface area (Å²) in [5.74, 6) is 3.29. The van der Waals surface area contributed by atoms with Crippen LogP contribution < -0.4 is 52.1 Å². The Morgan fingerprint density at radius 2 is 0.574 bits per heavy atom. The summed E-state index contributed by atoms with van der Waals surface area (Å²) >= 11 is 0. The van der Waals surface area contributed by atoms with Crippen LogP contribution in [0.5, 0.6) is 23.0 Å². The van der Waals surface area contributed by atoms with Crippen molar-refractivity contribution in [3.63, 3.8) is 0 Å². The maximum Gasteiger partial charge on any atom is 0.260 e. The van der Waals surface area contributed by atoms with Crippen molar-refractivity contribution in [1.82, 2.24) is 0 Å². The third-order valence-corrected chi connectivity index (χ3v) is 22.8. The van der Waals surface area contributed by atoms with Crippen LogP contribution in [0.1, 0.15) is 79.0 Å². The molecule has 4 aliphatic heterocycles. The molecule has 0 N–H and O–H groups in total. The Kier molecular flexibility index (Phi) is 15.8. The second kappa shape index (κ2) is 25.7. The summed E-state index contributed by atoms with van der Waals surface area (Å²) < 4.78 is 16.3. The predicted octanol–water partition coefficient (Wildman–Crippen LogP) is 23.7. The van der Waals surface area contributed by atoms with Crippen LogP contribution >= 0.6 is 0 Å². The second-order valence-corrected chi connectivity index (χ2v) is 32.7. The minimum atomic E-state index is -0.432. The maximum atomic E-state index is 8.22. The smallest absolute Gasteiger partial charge is 0.260 e. The molecular formula is C102H82B2N2O2. The Bertz CT molecular complexity index is 5910. The Labute approximate surface area is 636 Å². The van der Waals surface area contributed by atoms with E-state index in [9.17, 15) is 0 Å². The Morgan fingerprint density at radius 3 is 0.991 bits per heavy atom. The van der Waals surface area contributed by atoms with Crippen LogP contribution in [0.3, 0.4) is 0 Å². The summed E-state index contributed by atoms with van der Waals surface area (Å²) in [6.45, 7) is 20.3. The van der Waals surface area contributed by atoms with Crippen molar-refractivity contribution in [2.75, 3.05) is 9.80 Å². The highest BCUT2D eigenvalue weighted by atomic mass is 16.5. The van der Waals surface area contributed by atoms with Crippen LogP contribution in [-0.4, -0.2) is 13.4 Å². The highest BCUT2D eigenvalue weighted by Crippen LogP contribution is 2.57. The normalized spacial score (nSPS) is 13.1. The number of hydrogen-bond donors (Lipinski definition) is 0. The number of ether oxygens (including phenoxy) is 2. The van der Waals surface area contributed by atoms with Crippen LogP contribution in [0.4, 0.5) is 34.1 Å². The van der Waals surface area contributed by atoms with Gasteiger partial charge in [0.1, 0.15) is 23.0 Å². The van der Waals surface area contributed by atoms with Gasteiger partial charge in [0.05, 0.1) is 11.4 Å². The lowest BCUT2D eigenvalue weighted by atomic mass is 9.30. The largest absolute Gasteiger partial charge is 0.459 e. The molecule has 0 aliphatic carbocycles. The van der Waals surface area contributed by atoms with E-state index >= 15 is 0 Å². The van der Waals surface area contributed by atoms with Crippen LogP contribution in [-0.2, 0) is 16.2 Å². The molecular weight excluding hydrogens is 1310 g/mol. The van der Waals surface area contributed by atoms with Crippen molar-refractivity contribution in [1.29, 1.82) is 0 Å². The molecule has 4 heterocycles. The average molecular weight is 1390 g/mol. The average Bonchev–Trinajstić information content (AvgIpc) is 0.673. The van der Waals surface area contributed by atoms with E-state index < -0.39 is 6.71 Å². The van der Waals surface area contributed by atoms with Crippen molar-refractivity contribution in [3.8, 4) is 112 Å². The number of hydrogen-bond acceptors (Lipinski definition) is 4. The Hall–Kier alpha value is -12.4. The van der Waals surface area contributed by atoms with Crippen molar-refractivity contribution in [3.05, 3.63) is 350 Å². The van der Waals surface area contributed by atoms with Gasteiger partial charge in [0.2, 0.25) is 0 Å². The van der Waals surface area contributed by atoms with Gasteiger partial charge < -0.3 is 19.3 Å². The van der Waals surface area contributed by atoms with E-state index in [1.807, 2.05) is 0 Å². The first-order chi connectivity index (χ1) is 52.5. The molecule has 15 aromatic rings. The summed E-state index contributed by atoms with van der Waals surface area (Å²) in [5, 5.41) is 0. The molecule has 0 unspecified atom stereocenters. The first-order valence-electron chi connectivity index (χ1n) is 38.1. The molecule has 108 heavy (non-hydrogen) atoms. The summed E-state index contributed by atoms with van der Waals surface area (Å²) in [5.41, 5.74) is 33.8. The molecule has 0 bridgehead atoms. The van der Waals surface area contributed by atoms with E-state index in [1.54, 1.807) is 0 Å². The quantitative estimate of drug-likeness (QED) is 0.127. The zero-order valence-corrected chi connectivity index (χ0v) is 62.6. The molecule has 4 aliphatic rings. The van der Waals surface area contributed by atoms with E-state index in [1.165, 1.54) is 11.1 Å². The first kappa shape index (κ1) is 66.3. The van der Waals surface area contributed by atoms with E-state index in [0.717, 1.165) is 184 Å². The standard InChI is InChI=1S/C102H82B2N2O2/c1-100(2,3)77-60-79(69-42-26-14-27-43-69)96(80(61-77)70-44-28-15-29-45-70)105-87-57-74(66-36-20-11-21-37-66)50-52-84(87)104-93-88(105)58-76(68-40-24-13-25-41-68)59-89(93)106(97-81(71-46-30-16-31-47-71)62-78(101(4,5)6)63-82(97)72-48-32-17-33-49-72)90-64-92-95-99(94(90)104)107-91-53-51-73(65-34-18-10-19-35-65)55-85(91)103(95)86-56-75(67-38-22-12-23-39-67)54-83(98(86)108-92)102(7,8)9/h10-64H,1-9H3. The minimum absolute atomic E-state index is 0.217. The topological polar surface area (TPSA) is 24.9 Å². The van der Waals surface area contributed by atoms with E-state index in [0.29, 0.717) is 0 Å². The van der Waals surface area contributed by atoms with Gasteiger partial charge in [-0.1, -0.05) is 335 Å². The maximum absolute atomic E-state index is 8.22. The van der Waals surface area contributed by atoms with Gasteiger partial charge in [-0.25, -0.2) is 0 Å². The number of nitrogens with zero attached hydrogens (tertiary/aromatic N) is 2. The van der Waals surface area contributed by atoms with Crippen molar-refractivity contribution in [2.45, 2.75) is 78.6 Å². The van der Waals surface area contributed by atoms with Crippen LogP contribution in [0.2, 0.25) is 0 Å². The number of benzene rings is 15. The van der Waals surface area contributed by atoms with Gasteiger partial charge in [0.15, 0.2) is 0 Å². The number of fused-ring (bicyclic) bond motifs is 9. The third-order valence-electron chi connectivity index (χ3n) is 22.8. The van der Waals surface area contributed by atoms with Gasteiger partial charge in [-0.2, -0.15) is 0 Å². The number of rotatable bonds is 10. The van der Waals surface area contributed by atoms with Gasteiger partial charge in [-0.3, -0.25) is 0 Å². The molecule has 0 amide bonds. The predicted molar refractivity (Wildman–Crippen MR) is 458 cm³/mol. The molecule has 6 heteroatoms. The van der Waals surface area contributed by atoms with Gasteiger partial charge >= 0.3 is 0 Å². The summed E-state index contributed by atoms with van der Waals surface area (Å²) in [6, 6.07) is 125. The molecule has 0 radical (unpaired) electrons. The molecule has 0 saturated carbocycles. The molecule has 4 nitrogen and oxygen atoms in total. The zero-order chi connectivity index (χ0) is 73.3. The van der Waals surface area contributed by atoms with E-state index in [-0.39, 0.29) is 23.0 Å². The minimum Gasteiger partial charge on any atom is -0.459 e. The van der Waals surface area contributed by atoms with Crippen molar-refractivity contribution < 1.29 is 9.47 Å². The summed E-state index contributed by atoms with van der Waals surface area (Å²) in [6.07, 6.45) is 0. The van der Waals surface area contributed by atoms with Gasteiger partial charge in [-0.15, -0.1) is 0 Å². The third kappa shape index (κ3) is 11.2. The van der Waals surface area contributed by atoms with E-state index in [4.69, 9.17) is 9.47 Å². The fourth-order valence-corrected chi connectivity index (χ4v) is 17.3. The lowest BCUT2D eigenvalue weighted by Crippen LogP contribution is -2.65. The molecule has 0 aromatic heterocycles.